The van der Waals surface area contributed by atoms with Gasteiger partial charge in [0, 0.05) is 36.8 Å². The molecule has 10 N–H and O–H groups in total. The summed E-state index contributed by atoms with van der Waals surface area (Å²) in [7, 11) is 0. The van der Waals surface area contributed by atoms with Crippen LogP contribution in [0.4, 0.5) is 0 Å². The lowest BCUT2D eigenvalue weighted by Crippen LogP contribution is -2.64. The summed E-state index contributed by atoms with van der Waals surface area (Å²) in [6.07, 6.45) is 3.17. The van der Waals surface area contributed by atoms with E-state index in [-0.39, 0.29) is 49.5 Å². The van der Waals surface area contributed by atoms with Crippen molar-refractivity contribution in [3.05, 3.63) is 0 Å². The molecule has 8 atom stereocenters. The summed E-state index contributed by atoms with van der Waals surface area (Å²) in [5.41, 5.74) is 10.7. The first-order valence-electron chi connectivity index (χ1n) is 14.0. The van der Waals surface area contributed by atoms with Crippen molar-refractivity contribution in [2.45, 2.75) is 83.0 Å². The standard InChI is InChI=1S/C26H42N8O6/c1-3-4-7-16-25(40)34-19(11-31-16)20(35)14-9-17(32-23(38)12(14)2)21(36)15-10-18(22(27)37)33-24(39)13(15)6-5-8-30-26(28)29/h12-19,31H,3-11H2,1-2H3,(H2,27,37)(H,32,38)(H,33,39)(H,34,40)(H4,28,29,30)/t12-,13+,14?,15?,16+,17-,18-,19-/m1/s1. The highest BCUT2D eigenvalue weighted by molar-refractivity contribution is 6.01. The number of nitrogens with two attached hydrogens (primary N) is 2. The third-order valence-corrected chi connectivity index (χ3v) is 8.27. The molecule has 14 nitrogen and oxygen atoms in total. The van der Waals surface area contributed by atoms with Crippen LogP contribution in [0.5, 0.6) is 0 Å². The first-order chi connectivity index (χ1) is 18.9. The maximum absolute atomic E-state index is 13.8. The lowest BCUT2D eigenvalue weighted by molar-refractivity contribution is -0.146. The number of hydrogen-bond acceptors (Lipinski definition) is 8. The number of ketones is 2. The summed E-state index contributed by atoms with van der Waals surface area (Å²) >= 11 is 0. The van der Waals surface area contributed by atoms with E-state index in [0.29, 0.717) is 19.4 Å². The van der Waals surface area contributed by atoms with E-state index in [1.165, 1.54) is 0 Å². The molecule has 0 aromatic carbocycles. The molecule has 14 heteroatoms. The number of carbonyl (C=O) groups is 6. The van der Waals surface area contributed by atoms with Crippen molar-refractivity contribution in [2.24, 2.45) is 35.1 Å². The number of primary amides is 1. The molecule has 3 aliphatic rings. The van der Waals surface area contributed by atoms with Crippen LogP contribution in [0, 0.1) is 29.1 Å². The van der Waals surface area contributed by atoms with Crippen molar-refractivity contribution in [2.75, 3.05) is 13.1 Å². The van der Waals surface area contributed by atoms with Crippen LogP contribution >= 0.6 is 0 Å². The SMILES string of the molecule is CCCC[C@@H]1NC[C@H](C(=O)C2C[C@H](C(=O)C3C[C@H](C(N)=O)NC(=O)[C@H]3CCCNC(=N)N)NC(=O)[C@@H]2C)NC1=O. The van der Waals surface area contributed by atoms with Crippen LogP contribution in [0.1, 0.15) is 58.8 Å². The van der Waals surface area contributed by atoms with Gasteiger partial charge in [-0.1, -0.05) is 26.7 Å². The quantitative estimate of drug-likeness (QED) is 0.0729. The summed E-state index contributed by atoms with van der Waals surface area (Å²) in [6.45, 7) is 4.20. The molecule has 3 fully saturated rings. The first-order valence-corrected chi connectivity index (χ1v) is 14.0. The number of Topliss-reactive ketones (excluding diaryl/α,β-unsaturated/α-hetero) is 2. The fraction of sp³-hybridized carbons (Fsp3) is 0.731. The molecule has 0 bridgehead atoms. The Morgan fingerprint density at radius 2 is 1.50 bits per heavy atom. The van der Waals surface area contributed by atoms with Crippen LogP contribution in [-0.2, 0) is 28.8 Å². The van der Waals surface area contributed by atoms with Gasteiger partial charge in [-0.15, -0.1) is 0 Å². The molecule has 0 spiro atoms. The predicted octanol–water partition coefficient (Wildman–Crippen LogP) is -2.22. The Labute approximate surface area is 233 Å². The van der Waals surface area contributed by atoms with Gasteiger partial charge in [-0.2, -0.15) is 0 Å². The largest absolute Gasteiger partial charge is 0.370 e. The molecule has 222 valence electrons. The molecule has 2 unspecified atom stereocenters. The average molecular weight is 563 g/mol. The highest BCUT2D eigenvalue weighted by atomic mass is 16.2. The van der Waals surface area contributed by atoms with Gasteiger partial charge in [0.15, 0.2) is 17.5 Å². The van der Waals surface area contributed by atoms with Crippen LogP contribution in [0.2, 0.25) is 0 Å². The minimum absolute atomic E-state index is 0.0208. The van der Waals surface area contributed by atoms with E-state index >= 15 is 0 Å². The Kier molecular flexibility index (Phi) is 10.6. The Morgan fingerprint density at radius 3 is 2.12 bits per heavy atom. The minimum atomic E-state index is -1.04. The summed E-state index contributed by atoms with van der Waals surface area (Å²) in [5.74, 6) is -6.19. The van der Waals surface area contributed by atoms with Gasteiger partial charge >= 0.3 is 0 Å². The van der Waals surface area contributed by atoms with Crippen molar-refractivity contribution in [3.63, 3.8) is 0 Å². The van der Waals surface area contributed by atoms with Crippen LogP contribution in [0.15, 0.2) is 0 Å². The number of piperidine rings is 2. The van der Waals surface area contributed by atoms with Crippen LogP contribution in [0.25, 0.3) is 0 Å². The predicted molar refractivity (Wildman–Crippen MR) is 144 cm³/mol. The zero-order chi connectivity index (χ0) is 29.6. The second-order valence-corrected chi connectivity index (χ2v) is 11.1. The van der Waals surface area contributed by atoms with Gasteiger partial charge < -0.3 is 38.1 Å². The van der Waals surface area contributed by atoms with E-state index in [1.54, 1.807) is 6.92 Å². The smallest absolute Gasteiger partial charge is 0.240 e. The highest BCUT2D eigenvalue weighted by Crippen LogP contribution is 2.33. The van der Waals surface area contributed by atoms with E-state index in [9.17, 15) is 28.8 Å². The van der Waals surface area contributed by atoms with Gasteiger partial charge in [0.05, 0.1) is 12.1 Å². The molecule has 3 rings (SSSR count). The molecular formula is C26H42N8O6. The summed E-state index contributed by atoms with van der Waals surface area (Å²) < 4.78 is 0. The lowest BCUT2D eigenvalue weighted by atomic mass is 9.71. The van der Waals surface area contributed by atoms with Gasteiger partial charge in [-0.25, -0.2) is 0 Å². The molecule has 0 saturated carbocycles. The number of guanidine groups is 1. The molecule has 40 heavy (non-hydrogen) atoms. The third-order valence-electron chi connectivity index (χ3n) is 8.27. The molecule has 0 aliphatic carbocycles. The Hall–Kier alpha value is -3.55. The second-order valence-electron chi connectivity index (χ2n) is 11.1. The van der Waals surface area contributed by atoms with E-state index in [1.807, 2.05) is 6.92 Å². The summed E-state index contributed by atoms with van der Waals surface area (Å²) in [4.78, 5) is 77.6. The number of amides is 4. The number of rotatable bonds is 12. The molecule has 3 aliphatic heterocycles. The summed E-state index contributed by atoms with van der Waals surface area (Å²) in [5, 5.41) is 21.1. The number of piperazine rings is 1. The average Bonchev–Trinajstić information content (AvgIpc) is 2.91. The maximum Gasteiger partial charge on any atom is 0.240 e. The van der Waals surface area contributed by atoms with Crippen molar-refractivity contribution in [3.8, 4) is 0 Å². The molecular weight excluding hydrogens is 520 g/mol. The molecule has 4 amide bonds. The Balaban J connectivity index is 1.73. The first kappa shape index (κ1) is 31.0. The van der Waals surface area contributed by atoms with Gasteiger partial charge in [-0.05, 0) is 32.1 Å². The number of carbonyl (C=O) groups excluding carboxylic acids is 6. The fourth-order valence-electron chi connectivity index (χ4n) is 5.88. The van der Waals surface area contributed by atoms with Gasteiger partial charge in [0.1, 0.15) is 12.1 Å². The van der Waals surface area contributed by atoms with Crippen molar-refractivity contribution in [1.29, 1.82) is 5.41 Å². The number of hydrogen-bond donors (Lipinski definition) is 8. The topological polar surface area (TPSA) is 238 Å². The second kappa shape index (κ2) is 13.7. The molecule has 3 heterocycles. The van der Waals surface area contributed by atoms with Gasteiger partial charge in [0.25, 0.3) is 0 Å². The number of unbranched alkanes of at least 4 members (excludes halogenated alkanes) is 1. The van der Waals surface area contributed by atoms with Crippen molar-refractivity contribution < 1.29 is 28.8 Å². The zero-order valence-corrected chi connectivity index (χ0v) is 23.1. The highest BCUT2D eigenvalue weighted by Gasteiger charge is 2.48. The van der Waals surface area contributed by atoms with E-state index < -0.39 is 65.3 Å². The molecule has 0 radical (unpaired) electrons. The van der Waals surface area contributed by atoms with E-state index in [4.69, 9.17) is 16.9 Å². The fourth-order valence-corrected chi connectivity index (χ4v) is 5.88. The van der Waals surface area contributed by atoms with E-state index in [2.05, 4.69) is 26.6 Å². The monoisotopic (exact) mass is 562 g/mol. The third kappa shape index (κ3) is 7.34. The van der Waals surface area contributed by atoms with Crippen LogP contribution in [-0.4, -0.2) is 78.4 Å². The maximum atomic E-state index is 13.8. The number of nitrogens with one attached hydrogen (secondary N) is 6. The van der Waals surface area contributed by atoms with Gasteiger partial charge in [0.2, 0.25) is 23.6 Å². The van der Waals surface area contributed by atoms with Gasteiger partial charge in [-0.3, -0.25) is 34.2 Å². The zero-order valence-electron chi connectivity index (χ0n) is 23.1. The molecule has 3 saturated heterocycles. The lowest BCUT2D eigenvalue weighted by Gasteiger charge is -2.40. The van der Waals surface area contributed by atoms with Crippen LogP contribution < -0.4 is 38.1 Å². The Morgan fingerprint density at radius 1 is 0.875 bits per heavy atom. The molecule has 0 aromatic heterocycles. The minimum Gasteiger partial charge on any atom is -0.370 e. The normalized spacial score (nSPS) is 32.3. The van der Waals surface area contributed by atoms with E-state index in [0.717, 1.165) is 12.8 Å². The summed E-state index contributed by atoms with van der Waals surface area (Å²) in [6, 6.07) is -3.26. The molecule has 0 aromatic rings. The Bertz CT molecular complexity index is 1030. The van der Waals surface area contributed by atoms with Crippen molar-refractivity contribution in [1.82, 2.24) is 26.6 Å². The van der Waals surface area contributed by atoms with Crippen LogP contribution in [0.3, 0.4) is 0 Å². The van der Waals surface area contributed by atoms with Crippen molar-refractivity contribution >= 4 is 41.2 Å².